The molecule has 0 saturated heterocycles. The van der Waals surface area contributed by atoms with Crippen molar-refractivity contribution in [1.82, 2.24) is 0 Å². The predicted octanol–water partition coefficient (Wildman–Crippen LogP) is 4.32. The van der Waals surface area contributed by atoms with Crippen LogP contribution < -0.4 is 11.1 Å². The molecule has 0 aliphatic rings. The second-order valence-electron chi connectivity index (χ2n) is 3.36. The van der Waals surface area contributed by atoms with Crippen molar-refractivity contribution in [1.29, 1.82) is 0 Å². The maximum atomic E-state index is 5.89. The molecule has 82 valence electrons. The van der Waals surface area contributed by atoms with Crippen LogP contribution >= 0.6 is 23.2 Å². The molecule has 0 bridgehead atoms. The molecule has 0 spiro atoms. The molecule has 0 amide bonds. The van der Waals surface area contributed by atoms with E-state index in [9.17, 15) is 0 Å². The van der Waals surface area contributed by atoms with E-state index in [2.05, 4.69) is 5.32 Å². The lowest BCUT2D eigenvalue weighted by molar-refractivity contribution is 1.55. The fourth-order valence-corrected chi connectivity index (χ4v) is 1.62. The van der Waals surface area contributed by atoms with E-state index in [1.165, 1.54) is 0 Å². The van der Waals surface area contributed by atoms with E-state index in [0.717, 1.165) is 11.4 Å². The van der Waals surface area contributed by atoms with E-state index in [1.807, 2.05) is 24.3 Å². The number of halogens is 2. The molecule has 16 heavy (non-hydrogen) atoms. The highest BCUT2D eigenvalue weighted by Gasteiger charge is 2.00. The van der Waals surface area contributed by atoms with Gasteiger partial charge in [-0.25, -0.2) is 0 Å². The van der Waals surface area contributed by atoms with Crippen LogP contribution in [-0.2, 0) is 0 Å². The number of nitrogen functional groups attached to an aromatic ring is 1. The smallest absolute Gasteiger partial charge is 0.0632 e. The van der Waals surface area contributed by atoms with Crippen molar-refractivity contribution in [3.8, 4) is 0 Å². The Balaban J connectivity index is 2.26. The van der Waals surface area contributed by atoms with E-state index in [4.69, 9.17) is 28.9 Å². The van der Waals surface area contributed by atoms with Gasteiger partial charge in [-0.2, -0.15) is 0 Å². The molecule has 0 unspecified atom stereocenters. The molecular formula is C12H10Cl2N2. The molecule has 4 heteroatoms. The molecule has 2 aromatic rings. The monoisotopic (exact) mass is 252 g/mol. The van der Waals surface area contributed by atoms with Crippen LogP contribution in [0.5, 0.6) is 0 Å². The van der Waals surface area contributed by atoms with E-state index in [-0.39, 0.29) is 0 Å². The Hall–Kier alpha value is -1.38. The normalized spacial score (nSPS) is 10.1. The number of hydrogen-bond acceptors (Lipinski definition) is 2. The van der Waals surface area contributed by atoms with Crippen molar-refractivity contribution >= 4 is 40.3 Å². The number of nitrogens with one attached hydrogen (secondary N) is 1. The zero-order valence-corrected chi connectivity index (χ0v) is 9.89. The summed E-state index contributed by atoms with van der Waals surface area (Å²) < 4.78 is 0. The van der Waals surface area contributed by atoms with Crippen LogP contribution in [0.4, 0.5) is 17.1 Å². The molecule has 0 aromatic heterocycles. The zero-order chi connectivity index (χ0) is 11.5. The number of hydrogen-bond donors (Lipinski definition) is 2. The highest BCUT2D eigenvalue weighted by atomic mass is 35.5. The van der Waals surface area contributed by atoms with E-state index in [0.29, 0.717) is 15.7 Å². The Kier molecular flexibility index (Phi) is 3.22. The molecule has 0 atom stereocenters. The third-order valence-electron chi connectivity index (χ3n) is 2.14. The molecule has 0 heterocycles. The third-order valence-corrected chi connectivity index (χ3v) is 2.63. The van der Waals surface area contributed by atoms with Gasteiger partial charge in [0.1, 0.15) is 0 Å². The number of rotatable bonds is 2. The van der Waals surface area contributed by atoms with Gasteiger partial charge in [0.05, 0.1) is 11.4 Å². The van der Waals surface area contributed by atoms with E-state index >= 15 is 0 Å². The Morgan fingerprint density at radius 3 is 2.19 bits per heavy atom. The first-order valence-electron chi connectivity index (χ1n) is 4.73. The second kappa shape index (κ2) is 4.64. The van der Waals surface area contributed by atoms with Crippen LogP contribution in [0.3, 0.4) is 0 Å². The summed E-state index contributed by atoms with van der Waals surface area (Å²) in [5.41, 5.74) is 8.17. The van der Waals surface area contributed by atoms with Gasteiger partial charge in [0.15, 0.2) is 0 Å². The Labute approximate surface area is 104 Å². The average Bonchev–Trinajstić information content (AvgIpc) is 2.27. The standard InChI is InChI=1S/C12H10Cl2N2/c13-8-1-4-10(5-2-8)16-12-7-9(14)3-6-11(12)15/h1-7,16H,15H2. The minimum Gasteiger partial charge on any atom is -0.397 e. The van der Waals surface area contributed by atoms with E-state index < -0.39 is 0 Å². The number of nitrogens with two attached hydrogens (primary N) is 1. The lowest BCUT2D eigenvalue weighted by atomic mass is 10.2. The molecule has 2 aromatic carbocycles. The molecule has 3 N–H and O–H groups in total. The summed E-state index contributed by atoms with van der Waals surface area (Å²) in [7, 11) is 0. The van der Waals surface area contributed by atoms with Gasteiger partial charge in [0, 0.05) is 15.7 Å². The summed E-state index contributed by atoms with van der Waals surface area (Å²) in [5.74, 6) is 0. The number of benzene rings is 2. The van der Waals surface area contributed by atoms with Gasteiger partial charge >= 0.3 is 0 Å². The van der Waals surface area contributed by atoms with Crippen molar-refractivity contribution in [3.05, 3.63) is 52.5 Å². The van der Waals surface area contributed by atoms with E-state index in [1.54, 1.807) is 18.2 Å². The number of anilines is 3. The first kappa shape index (κ1) is 11.1. The maximum absolute atomic E-state index is 5.89. The minimum absolute atomic E-state index is 0.644. The van der Waals surface area contributed by atoms with Gasteiger partial charge in [-0.1, -0.05) is 23.2 Å². The largest absolute Gasteiger partial charge is 0.397 e. The van der Waals surface area contributed by atoms with Gasteiger partial charge in [-0.3, -0.25) is 0 Å². The summed E-state index contributed by atoms with van der Waals surface area (Å²) in [6, 6.07) is 12.7. The lowest BCUT2D eigenvalue weighted by Gasteiger charge is -2.09. The summed E-state index contributed by atoms with van der Waals surface area (Å²) in [6.07, 6.45) is 0. The van der Waals surface area contributed by atoms with Crippen molar-refractivity contribution in [2.24, 2.45) is 0 Å². The lowest BCUT2D eigenvalue weighted by Crippen LogP contribution is -1.95. The van der Waals surface area contributed by atoms with Crippen molar-refractivity contribution in [2.75, 3.05) is 11.1 Å². The van der Waals surface area contributed by atoms with Gasteiger partial charge in [-0.15, -0.1) is 0 Å². The molecular weight excluding hydrogens is 243 g/mol. The fraction of sp³-hybridized carbons (Fsp3) is 0. The first-order chi connectivity index (χ1) is 7.65. The highest BCUT2D eigenvalue weighted by molar-refractivity contribution is 6.31. The third kappa shape index (κ3) is 2.60. The van der Waals surface area contributed by atoms with Gasteiger partial charge in [0.25, 0.3) is 0 Å². The molecule has 2 rings (SSSR count). The second-order valence-corrected chi connectivity index (χ2v) is 4.24. The average molecular weight is 253 g/mol. The van der Waals surface area contributed by atoms with Crippen LogP contribution in [0.2, 0.25) is 10.0 Å². The molecule has 0 radical (unpaired) electrons. The van der Waals surface area contributed by atoms with Crippen molar-refractivity contribution in [3.63, 3.8) is 0 Å². The van der Waals surface area contributed by atoms with Crippen LogP contribution in [0, 0.1) is 0 Å². The van der Waals surface area contributed by atoms with Crippen LogP contribution in [0.1, 0.15) is 0 Å². The van der Waals surface area contributed by atoms with Crippen LogP contribution in [0.15, 0.2) is 42.5 Å². The summed E-state index contributed by atoms with van der Waals surface area (Å²) in [4.78, 5) is 0. The Bertz CT molecular complexity index is 495. The Morgan fingerprint density at radius 2 is 1.50 bits per heavy atom. The SMILES string of the molecule is Nc1ccc(Cl)cc1Nc1ccc(Cl)cc1. The first-order valence-corrected chi connectivity index (χ1v) is 5.48. The summed E-state index contributed by atoms with van der Waals surface area (Å²) in [5, 5.41) is 4.51. The molecule has 0 saturated carbocycles. The van der Waals surface area contributed by atoms with Crippen molar-refractivity contribution < 1.29 is 0 Å². The van der Waals surface area contributed by atoms with Crippen molar-refractivity contribution in [2.45, 2.75) is 0 Å². The Morgan fingerprint density at radius 1 is 0.875 bits per heavy atom. The minimum atomic E-state index is 0.644. The quantitative estimate of drug-likeness (QED) is 0.782. The maximum Gasteiger partial charge on any atom is 0.0632 e. The highest BCUT2D eigenvalue weighted by Crippen LogP contribution is 2.26. The fourth-order valence-electron chi connectivity index (χ4n) is 1.33. The summed E-state index contributed by atoms with van der Waals surface area (Å²) >= 11 is 11.7. The van der Waals surface area contributed by atoms with Gasteiger partial charge in [-0.05, 0) is 42.5 Å². The molecule has 2 nitrogen and oxygen atoms in total. The predicted molar refractivity (Wildman–Crippen MR) is 70.6 cm³/mol. The van der Waals surface area contributed by atoms with Crippen LogP contribution in [-0.4, -0.2) is 0 Å². The molecule has 0 fully saturated rings. The molecule has 0 aliphatic heterocycles. The molecule has 0 aliphatic carbocycles. The zero-order valence-electron chi connectivity index (χ0n) is 8.37. The van der Waals surface area contributed by atoms with Gasteiger partial charge in [0.2, 0.25) is 0 Å². The van der Waals surface area contributed by atoms with Gasteiger partial charge < -0.3 is 11.1 Å². The summed E-state index contributed by atoms with van der Waals surface area (Å²) in [6.45, 7) is 0. The topological polar surface area (TPSA) is 38.0 Å². The van der Waals surface area contributed by atoms with Crippen LogP contribution in [0.25, 0.3) is 0 Å².